The lowest BCUT2D eigenvalue weighted by Crippen LogP contribution is -2.30. The summed E-state index contributed by atoms with van der Waals surface area (Å²) in [5, 5.41) is 0. The van der Waals surface area contributed by atoms with E-state index >= 15 is 0 Å². The van der Waals surface area contributed by atoms with E-state index in [-0.39, 0.29) is 11.9 Å². The molecule has 1 fully saturated rings. The van der Waals surface area contributed by atoms with Crippen molar-refractivity contribution in [3.63, 3.8) is 0 Å². The summed E-state index contributed by atoms with van der Waals surface area (Å²) < 4.78 is 40.7. The standard InChI is InChI=1S/C19H22FNO2S/c1-2-4-15-6-12-18(13-7-15)24(22,23)21-14-3-5-19(21)16-8-10-17(20)11-9-16/h6-13,19H,2-5,14H2,1H3. The minimum atomic E-state index is -3.54. The summed E-state index contributed by atoms with van der Waals surface area (Å²) in [7, 11) is -3.54. The molecule has 1 aliphatic heterocycles. The highest BCUT2D eigenvalue weighted by atomic mass is 32.2. The molecule has 1 atom stereocenters. The lowest BCUT2D eigenvalue weighted by molar-refractivity contribution is 0.396. The Morgan fingerprint density at radius 1 is 1.08 bits per heavy atom. The Morgan fingerprint density at radius 3 is 2.38 bits per heavy atom. The largest absolute Gasteiger partial charge is 0.243 e. The third kappa shape index (κ3) is 3.37. The van der Waals surface area contributed by atoms with Gasteiger partial charge in [0.25, 0.3) is 0 Å². The first-order valence-corrected chi connectivity index (χ1v) is 9.82. The number of sulfonamides is 1. The molecular weight excluding hydrogens is 325 g/mol. The van der Waals surface area contributed by atoms with Gasteiger partial charge in [0, 0.05) is 6.54 Å². The molecule has 2 aromatic carbocycles. The van der Waals surface area contributed by atoms with Crippen LogP contribution >= 0.6 is 0 Å². The van der Waals surface area contributed by atoms with Crippen molar-refractivity contribution in [2.45, 2.75) is 43.5 Å². The maximum atomic E-state index is 13.1. The van der Waals surface area contributed by atoms with Crippen molar-refractivity contribution in [2.24, 2.45) is 0 Å². The van der Waals surface area contributed by atoms with Crippen molar-refractivity contribution in [1.82, 2.24) is 4.31 Å². The molecular formula is C19H22FNO2S. The quantitative estimate of drug-likeness (QED) is 0.808. The summed E-state index contributed by atoms with van der Waals surface area (Å²) >= 11 is 0. The summed E-state index contributed by atoms with van der Waals surface area (Å²) in [4.78, 5) is 0.330. The van der Waals surface area contributed by atoms with Crippen LogP contribution in [0.15, 0.2) is 53.4 Å². The molecule has 24 heavy (non-hydrogen) atoms. The number of rotatable bonds is 5. The Hall–Kier alpha value is -1.72. The zero-order chi connectivity index (χ0) is 17.2. The van der Waals surface area contributed by atoms with Crippen LogP contribution in [0.1, 0.15) is 43.4 Å². The summed E-state index contributed by atoms with van der Waals surface area (Å²) in [6.45, 7) is 2.60. The molecule has 0 aliphatic carbocycles. The predicted octanol–water partition coefficient (Wildman–Crippen LogP) is 4.30. The SMILES string of the molecule is CCCc1ccc(S(=O)(=O)N2CCCC2c2ccc(F)cc2)cc1. The molecule has 5 heteroatoms. The Labute approximate surface area is 143 Å². The number of hydrogen-bond acceptors (Lipinski definition) is 2. The summed E-state index contributed by atoms with van der Waals surface area (Å²) in [6, 6.07) is 13.1. The fourth-order valence-corrected chi connectivity index (χ4v) is 4.98. The highest BCUT2D eigenvalue weighted by Crippen LogP contribution is 2.36. The summed E-state index contributed by atoms with van der Waals surface area (Å²) in [5.74, 6) is -0.308. The minimum absolute atomic E-state index is 0.217. The first-order chi connectivity index (χ1) is 11.5. The van der Waals surface area contributed by atoms with Gasteiger partial charge >= 0.3 is 0 Å². The van der Waals surface area contributed by atoms with E-state index in [2.05, 4.69) is 6.92 Å². The molecule has 3 nitrogen and oxygen atoms in total. The molecule has 0 radical (unpaired) electrons. The Kier molecular flexibility index (Phi) is 5.01. The molecule has 1 aliphatic rings. The van der Waals surface area contributed by atoms with Crippen molar-refractivity contribution in [2.75, 3.05) is 6.54 Å². The average Bonchev–Trinajstić information content (AvgIpc) is 3.07. The van der Waals surface area contributed by atoms with Gasteiger partial charge < -0.3 is 0 Å². The third-order valence-corrected chi connectivity index (χ3v) is 6.45. The fraction of sp³-hybridized carbons (Fsp3) is 0.368. The average molecular weight is 347 g/mol. The van der Waals surface area contributed by atoms with E-state index in [1.807, 2.05) is 12.1 Å². The molecule has 1 unspecified atom stereocenters. The second-order valence-corrected chi connectivity index (χ2v) is 8.11. The Bertz CT molecular complexity index is 785. The third-order valence-electron chi connectivity index (χ3n) is 4.53. The molecule has 0 bridgehead atoms. The van der Waals surface area contributed by atoms with Crippen molar-refractivity contribution in [1.29, 1.82) is 0 Å². The first kappa shape index (κ1) is 17.1. The smallest absolute Gasteiger partial charge is 0.207 e. The second kappa shape index (κ2) is 7.03. The normalized spacial score (nSPS) is 18.8. The van der Waals surface area contributed by atoms with Crippen LogP contribution < -0.4 is 0 Å². The van der Waals surface area contributed by atoms with E-state index in [0.29, 0.717) is 11.4 Å². The zero-order valence-corrected chi connectivity index (χ0v) is 14.6. The number of hydrogen-bond donors (Lipinski definition) is 0. The van der Waals surface area contributed by atoms with Crippen LogP contribution in [0.4, 0.5) is 4.39 Å². The summed E-state index contributed by atoms with van der Waals surface area (Å²) in [5.41, 5.74) is 1.99. The van der Waals surface area contributed by atoms with E-state index in [0.717, 1.165) is 36.8 Å². The topological polar surface area (TPSA) is 37.4 Å². The highest BCUT2D eigenvalue weighted by molar-refractivity contribution is 7.89. The molecule has 1 saturated heterocycles. The monoisotopic (exact) mass is 347 g/mol. The van der Waals surface area contributed by atoms with Crippen LogP contribution in [0.5, 0.6) is 0 Å². The molecule has 0 spiro atoms. The van der Waals surface area contributed by atoms with Crippen molar-refractivity contribution in [3.05, 3.63) is 65.5 Å². The van der Waals surface area contributed by atoms with Crippen LogP contribution in [0, 0.1) is 5.82 Å². The fourth-order valence-electron chi connectivity index (χ4n) is 3.30. The maximum Gasteiger partial charge on any atom is 0.243 e. The van der Waals surface area contributed by atoms with Crippen LogP contribution in [0.2, 0.25) is 0 Å². The van der Waals surface area contributed by atoms with Gasteiger partial charge in [-0.05, 0) is 54.7 Å². The lowest BCUT2D eigenvalue weighted by Gasteiger charge is -2.24. The second-order valence-electron chi connectivity index (χ2n) is 6.22. The molecule has 0 amide bonds. The number of nitrogens with zero attached hydrogens (tertiary/aromatic N) is 1. The van der Waals surface area contributed by atoms with Gasteiger partial charge in [0.15, 0.2) is 0 Å². The van der Waals surface area contributed by atoms with Crippen molar-refractivity contribution >= 4 is 10.0 Å². The molecule has 1 heterocycles. The van der Waals surface area contributed by atoms with Gasteiger partial charge in [-0.15, -0.1) is 0 Å². The van der Waals surface area contributed by atoms with Gasteiger partial charge in [-0.25, -0.2) is 12.8 Å². The van der Waals surface area contributed by atoms with Crippen LogP contribution in [0.3, 0.4) is 0 Å². The van der Waals surface area contributed by atoms with Gasteiger partial charge in [0.05, 0.1) is 10.9 Å². The molecule has 0 saturated carbocycles. The first-order valence-electron chi connectivity index (χ1n) is 8.38. The van der Waals surface area contributed by atoms with Gasteiger partial charge in [-0.1, -0.05) is 37.6 Å². The summed E-state index contributed by atoms with van der Waals surface area (Å²) in [6.07, 6.45) is 3.56. The van der Waals surface area contributed by atoms with E-state index in [1.165, 1.54) is 12.1 Å². The van der Waals surface area contributed by atoms with Crippen LogP contribution in [0.25, 0.3) is 0 Å². The zero-order valence-electron chi connectivity index (χ0n) is 13.8. The van der Waals surface area contributed by atoms with Gasteiger partial charge in [-0.2, -0.15) is 4.31 Å². The van der Waals surface area contributed by atoms with Gasteiger partial charge in [-0.3, -0.25) is 0 Å². The van der Waals surface area contributed by atoms with E-state index in [9.17, 15) is 12.8 Å². The molecule has 3 rings (SSSR count). The Morgan fingerprint density at radius 2 is 1.75 bits per heavy atom. The van der Waals surface area contributed by atoms with Crippen LogP contribution in [-0.2, 0) is 16.4 Å². The maximum absolute atomic E-state index is 13.1. The number of halogens is 1. The predicted molar refractivity (Wildman–Crippen MR) is 92.7 cm³/mol. The van der Waals surface area contributed by atoms with Gasteiger partial charge in [0.2, 0.25) is 10.0 Å². The molecule has 0 aromatic heterocycles. The van der Waals surface area contributed by atoms with Gasteiger partial charge in [0.1, 0.15) is 5.82 Å². The lowest BCUT2D eigenvalue weighted by atomic mass is 10.1. The minimum Gasteiger partial charge on any atom is -0.207 e. The number of benzene rings is 2. The molecule has 0 N–H and O–H groups in total. The van der Waals surface area contributed by atoms with Crippen molar-refractivity contribution < 1.29 is 12.8 Å². The Balaban J connectivity index is 1.88. The molecule has 128 valence electrons. The number of aryl methyl sites for hydroxylation is 1. The molecule has 2 aromatic rings. The van der Waals surface area contributed by atoms with E-state index in [1.54, 1.807) is 28.6 Å². The van der Waals surface area contributed by atoms with Crippen LogP contribution in [-0.4, -0.2) is 19.3 Å². The van der Waals surface area contributed by atoms with E-state index in [4.69, 9.17) is 0 Å². The van der Waals surface area contributed by atoms with E-state index < -0.39 is 10.0 Å². The van der Waals surface area contributed by atoms with Crippen molar-refractivity contribution in [3.8, 4) is 0 Å². The highest BCUT2D eigenvalue weighted by Gasteiger charge is 2.36.